The SMILES string of the molecule is CC(N[C@@H](C)c1ccc(F)cc1)c1ccc(Cl)s1. The highest BCUT2D eigenvalue weighted by atomic mass is 35.5. The summed E-state index contributed by atoms with van der Waals surface area (Å²) in [7, 11) is 0. The van der Waals surface area contributed by atoms with E-state index in [1.54, 1.807) is 23.5 Å². The molecule has 1 N–H and O–H groups in total. The van der Waals surface area contributed by atoms with Crippen molar-refractivity contribution < 1.29 is 4.39 Å². The maximum atomic E-state index is 12.8. The first-order valence-electron chi connectivity index (χ1n) is 5.83. The second-order valence-corrected chi connectivity index (χ2v) is 6.05. The molecule has 18 heavy (non-hydrogen) atoms. The lowest BCUT2D eigenvalue weighted by atomic mass is 10.1. The molecule has 0 amide bonds. The minimum atomic E-state index is -0.205. The van der Waals surface area contributed by atoms with Gasteiger partial charge in [0.05, 0.1) is 4.34 Å². The van der Waals surface area contributed by atoms with Crippen molar-refractivity contribution in [3.05, 3.63) is 57.0 Å². The van der Waals surface area contributed by atoms with E-state index in [0.29, 0.717) is 0 Å². The molecule has 0 spiro atoms. The number of halogens is 2. The van der Waals surface area contributed by atoms with Crippen LogP contribution >= 0.6 is 22.9 Å². The summed E-state index contributed by atoms with van der Waals surface area (Å²) < 4.78 is 13.6. The van der Waals surface area contributed by atoms with E-state index >= 15 is 0 Å². The third-order valence-electron chi connectivity index (χ3n) is 2.89. The molecule has 0 aliphatic rings. The molecule has 1 aromatic heterocycles. The van der Waals surface area contributed by atoms with E-state index in [1.165, 1.54) is 17.0 Å². The van der Waals surface area contributed by atoms with Gasteiger partial charge in [-0.2, -0.15) is 0 Å². The standard InChI is InChI=1S/C14H15ClFNS/c1-9(11-3-5-12(16)6-4-11)17-10(2)13-7-8-14(15)18-13/h3-10,17H,1-2H3/t9-,10?/m0/s1. The highest BCUT2D eigenvalue weighted by molar-refractivity contribution is 7.16. The van der Waals surface area contributed by atoms with Gasteiger partial charge in [0.2, 0.25) is 0 Å². The van der Waals surface area contributed by atoms with Crippen LogP contribution < -0.4 is 5.32 Å². The van der Waals surface area contributed by atoms with Crippen LogP contribution in [-0.4, -0.2) is 0 Å². The van der Waals surface area contributed by atoms with Crippen molar-refractivity contribution in [1.82, 2.24) is 5.32 Å². The number of hydrogen-bond acceptors (Lipinski definition) is 2. The van der Waals surface area contributed by atoms with Gasteiger partial charge in [0.15, 0.2) is 0 Å². The number of hydrogen-bond donors (Lipinski definition) is 1. The molecule has 0 aliphatic heterocycles. The van der Waals surface area contributed by atoms with E-state index in [1.807, 2.05) is 12.1 Å². The van der Waals surface area contributed by atoms with Crippen LogP contribution in [0.4, 0.5) is 4.39 Å². The highest BCUT2D eigenvalue weighted by Crippen LogP contribution is 2.28. The van der Waals surface area contributed by atoms with Crippen molar-refractivity contribution in [2.45, 2.75) is 25.9 Å². The Morgan fingerprint density at radius 1 is 1.06 bits per heavy atom. The Balaban J connectivity index is 2.02. The number of rotatable bonds is 4. The fraction of sp³-hybridized carbons (Fsp3) is 0.286. The molecule has 0 radical (unpaired) electrons. The molecular formula is C14H15ClFNS. The molecule has 1 unspecified atom stereocenters. The summed E-state index contributed by atoms with van der Waals surface area (Å²) in [5, 5.41) is 3.47. The maximum absolute atomic E-state index is 12.8. The van der Waals surface area contributed by atoms with E-state index in [2.05, 4.69) is 19.2 Å². The molecule has 0 aliphatic carbocycles. The molecule has 96 valence electrons. The van der Waals surface area contributed by atoms with E-state index in [-0.39, 0.29) is 17.9 Å². The third kappa shape index (κ3) is 3.31. The molecule has 2 aromatic rings. The van der Waals surface area contributed by atoms with Gasteiger partial charge in [0.25, 0.3) is 0 Å². The number of nitrogens with one attached hydrogen (secondary N) is 1. The molecule has 1 heterocycles. The normalized spacial score (nSPS) is 14.4. The van der Waals surface area contributed by atoms with Crippen LogP contribution in [0.25, 0.3) is 0 Å². The van der Waals surface area contributed by atoms with Crippen LogP contribution in [0.5, 0.6) is 0 Å². The van der Waals surface area contributed by atoms with Crippen LogP contribution in [0.15, 0.2) is 36.4 Å². The van der Waals surface area contributed by atoms with E-state index in [9.17, 15) is 4.39 Å². The Morgan fingerprint density at radius 2 is 1.72 bits per heavy atom. The minimum Gasteiger partial charge on any atom is -0.303 e. The Morgan fingerprint density at radius 3 is 2.28 bits per heavy atom. The van der Waals surface area contributed by atoms with Gasteiger partial charge in [-0.25, -0.2) is 4.39 Å². The Labute approximate surface area is 116 Å². The summed E-state index contributed by atoms with van der Waals surface area (Å²) in [6.07, 6.45) is 0. The van der Waals surface area contributed by atoms with Crippen LogP contribution in [0.2, 0.25) is 4.34 Å². The monoisotopic (exact) mass is 283 g/mol. The Kier molecular flexibility index (Phi) is 4.38. The number of thiophene rings is 1. The van der Waals surface area contributed by atoms with Crippen molar-refractivity contribution in [1.29, 1.82) is 0 Å². The van der Waals surface area contributed by atoms with Gasteiger partial charge in [-0.1, -0.05) is 23.7 Å². The summed E-state index contributed by atoms with van der Waals surface area (Å²) in [5.74, 6) is -0.205. The smallest absolute Gasteiger partial charge is 0.123 e. The predicted octanol–water partition coefficient (Wildman–Crippen LogP) is 4.95. The second kappa shape index (κ2) is 5.83. The fourth-order valence-electron chi connectivity index (χ4n) is 1.87. The van der Waals surface area contributed by atoms with Crippen LogP contribution in [0.1, 0.15) is 36.4 Å². The zero-order valence-corrected chi connectivity index (χ0v) is 11.9. The summed E-state index contributed by atoms with van der Waals surface area (Å²) in [5.41, 5.74) is 1.07. The van der Waals surface area contributed by atoms with Crippen molar-refractivity contribution in [3.8, 4) is 0 Å². The molecule has 2 rings (SSSR count). The predicted molar refractivity (Wildman–Crippen MR) is 75.7 cm³/mol. The maximum Gasteiger partial charge on any atom is 0.123 e. The molecular weight excluding hydrogens is 269 g/mol. The Bertz CT molecular complexity index is 509. The van der Waals surface area contributed by atoms with Gasteiger partial charge in [0, 0.05) is 17.0 Å². The molecule has 0 saturated heterocycles. The molecule has 0 bridgehead atoms. The average Bonchev–Trinajstić information content (AvgIpc) is 2.76. The molecule has 4 heteroatoms. The van der Waals surface area contributed by atoms with E-state index < -0.39 is 0 Å². The van der Waals surface area contributed by atoms with Crippen molar-refractivity contribution >= 4 is 22.9 Å². The largest absolute Gasteiger partial charge is 0.303 e. The van der Waals surface area contributed by atoms with Crippen molar-refractivity contribution in [2.24, 2.45) is 0 Å². The fourth-order valence-corrected chi connectivity index (χ4v) is 2.94. The first-order chi connectivity index (χ1) is 8.56. The van der Waals surface area contributed by atoms with Gasteiger partial charge in [0.1, 0.15) is 5.82 Å². The molecule has 2 atom stereocenters. The second-order valence-electron chi connectivity index (χ2n) is 4.30. The molecule has 1 aromatic carbocycles. The first kappa shape index (κ1) is 13.5. The summed E-state index contributed by atoms with van der Waals surface area (Å²) >= 11 is 7.50. The van der Waals surface area contributed by atoms with Crippen molar-refractivity contribution in [2.75, 3.05) is 0 Å². The first-order valence-corrected chi connectivity index (χ1v) is 7.02. The van der Waals surface area contributed by atoms with Crippen molar-refractivity contribution in [3.63, 3.8) is 0 Å². The quantitative estimate of drug-likeness (QED) is 0.837. The zero-order valence-electron chi connectivity index (χ0n) is 10.3. The van der Waals surface area contributed by atoms with E-state index in [4.69, 9.17) is 11.6 Å². The zero-order chi connectivity index (χ0) is 13.1. The van der Waals surface area contributed by atoms with Gasteiger partial charge < -0.3 is 5.32 Å². The highest BCUT2D eigenvalue weighted by Gasteiger charge is 2.12. The van der Waals surface area contributed by atoms with Gasteiger partial charge in [-0.3, -0.25) is 0 Å². The van der Waals surface area contributed by atoms with Gasteiger partial charge in [-0.05, 0) is 43.7 Å². The lowest BCUT2D eigenvalue weighted by Gasteiger charge is -2.19. The average molecular weight is 284 g/mol. The molecule has 0 fully saturated rings. The topological polar surface area (TPSA) is 12.0 Å². The minimum absolute atomic E-state index is 0.168. The van der Waals surface area contributed by atoms with E-state index in [0.717, 1.165) is 9.90 Å². The summed E-state index contributed by atoms with van der Waals surface area (Å²) in [6, 6.07) is 10.9. The Hall–Kier alpha value is -0.900. The summed E-state index contributed by atoms with van der Waals surface area (Å²) in [6.45, 7) is 4.17. The van der Waals surface area contributed by atoms with Crippen LogP contribution in [0, 0.1) is 5.82 Å². The number of benzene rings is 1. The van der Waals surface area contributed by atoms with Crippen LogP contribution in [0.3, 0.4) is 0 Å². The lowest BCUT2D eigenvalue weighted by molar-refractivity contribution is 0.499. The third-order valence-corrected chi connectivity index (χ3v) is 4.30. The summed E-state index contributed by atoms with van der Waals surface area (Å²) in [4.78, 5) is 1.20. The molecule has 1 nitrogen and oxygen atoms in total. The van der Waals surface area contributed by atoms with Gasteiger partial charge in [-0.15, -0.1) is 11.3 Å². The lowest BCUT2D eigenvalue weighted by Crippen LogP contribution is -2.21. The molecule has 0 saturated carbocycles. The van der Waals surface area contributed by atoms with Crippen LogP contribution in [-0.2, 0) is 0 Å². The van der Waals surface area contributed by atoms with Gasteiger partial charge >= 0.3 is 0 Å².